The van der Waals surface area contributed by atoms with E-state index in [1.54, 1.807) is 0 Å². The molecule has 1 fully saturated rings. The van der Waals surface area contributed by atoms with Gasteiger partial charge in [0, 0.05) is 0 Å². The Labute approximate surface area is 148 Å². The summed E-state index contributed by atoms with van der Waals surface area (Å²) in [6.45, 7) is 1.99. The maximum absolute atomic E-state index is 12.4. The van der Waals surface area contributed by atoms with Crippen LogP contribution >= 0.6 is 0 Å². The molecule has 0 saturated heterocycles. The van der Waals surface area contributed by atoms with Crippen LogP contribution in [0, 0.1) is 5.92 Å². The summed E-state index contributed by atoms with van der Waals surface area (Å²) in [5.74, 6) is -0.706. The van der Waals surface area contributed by atoms with Crippen molar-refractivity contribution >= 4 is 11.8 Å². The number of benzene rings is 2. The van der Waals surface area contributed by atoms with Crippen LogP contribution < -0.4 is 10.6 Å². The third kappa shape index (κ3) is 4.47. The highest BCUT2D eigenvalue weighted by molar-refractivity contribution is 6.35. The molecule has 130 valence electrons. The maximum atomic E-state index is 12.4. The zero-order chi connectivity index (χ0) is 17.6. The molecule has 0 aliphatic heterocycles. The van der Waals surface area contributed by atoms with Gasteiger partial charge in [0.2, 0.25) is 0 Å². The number of carbonyl (C=O) groups is 2. The number of carbonyl (C=O) groups excluding carboxylic acids is 2. The van der Waals surface area contributed by atoms with E-state index in [-0.39, 0.29) is 12.1 Å². The topological polar surface area (TPSA) is 58.2 Å². The predicted molar refractivity (Wildman–Crippen MR) is 97.7 cm³/mol. The van der Waals surface area contributed by atoms with E-state index >= 15 is 0 Å². The quantitative estimate of drug-likeness (QED) is 0.793. The van der Waals surface area contributed by atoms with Crippen LogP contribution in [0.1, 0.15) is 49.4 Å². The molecule has 0 aromatic heterocycles. The first-order chi connectivity index (χ1) is 12.2. The van der Waals surface area contributed by atoms with Crippen LogP contribution in [-0.4, -0.2) is 11.8 Å². The van der Waals surface area contributed by atoms with Gasteiger partial charge in [0.25, 0.3) is 0 Å². The SMILES string of the molecule is CC[C@@H](NC(=O)C(=O)N[C@H](c1ccccc1)C1CC1)c1ccccc1. The van der Waals surface area contributed by atoms with Crippen molar-refractivity contribution in [1.82, 2.24) is 10.6 Å². The minimum atomic E-state index is -0.572. The monoisotopic (exact) mass is 336 g/mol. The minimum absolute atomic E-state index is 0.0868. The first-order valence-electron chi connectivity index (χ1n) is 8.90. The lowest BCUT2D eigenvalue weighted by atomic mass is 10.0. The van der Waals surface area contributed by atoms with Gasteiger partial charge in [0.15, 0.2) is 0 Å². The van der Waals surface area contributed by atoms with Crippen molar-refractivity contribution < 1.29 is 9.59 Å². The number of nitrogens with one attached hydrogen (secondary N) is 2. The lowest BCUT2D eigenvalue weighted by Crippen LogP contribution is -2.43. The molecule has 3 rings (SSSR count). The van der Waals surface area contributed by atoms with Crippen LogP contribution in [0.25, 0.3) is 0 Å². The smallest absolute Gasteiger partial charge is 0.309 e. The van der Waals surface area contributed by atoms with Crippen molar-refractivity contribution in [3.63, 3.8) is 0 Å². The molecular weight excluding hydrogens is 312 g/mol. The molecule has 0 bridgehead atoms. The molecule has 0 radical (unpaired) electrons. The third-order valence-corrected chi connectivity index (χ3v) is 4.66. The molecule has 2 atom stereocenters. The van der Waals surface area contributed by atoms with E-state index in [1.165, 1.54) is 0 Å². The van der Waals surface area contributed by atoms with E-state index in [4.69, 9.17) is 0 Å². The normalized spacial score (nSPS) is 15.9. The lowest BCUT2D eigenvalue weighted by Gasteiger charge is -2.21. The van der Waals surface area contributed by atoms with Gasteiger partial charge in [-0.1, -0.05) is 67.6 Å². The van der Waals surface area contributed by atoms with E-state index in [0.717, 1.165) is 30.4 Å². The summed E-state index contributed by atoms with van der Waals surface area (Å²) in [5.41, 5.74) is 2.06. The van der Waals surface area contributed by atoms with Crippen molar-refractivity contribution in [2.75, 3.05) is 0 Å². The molecule has 2 N–H and O–H groups in total. The fourth-order valence-electron chi connectivity index (χ4n) is 3.10. The van der Waals surface area contributed by atoms with E-state index < -0.39 is 11.8 Å². The summed E-state index contributed by atoms with van der Waals surface area (Å²) in [4.78, 5) is 24.8. The standard InChI is InChI=1S/C21H24N2O2/c1-2-18(15-9-5-3-6-10-15)22-20(24)21(25)23-19(17-13-14-17)16-11-7-4-8-12-16/h3-12,17-19H,2,13-14H2,1H3,(H,22,24)(H,23,25)/t18-,19-/m1/s1. The van der Waals surface area contributed by atoms with Gasteiger partial charge in [-0.15, -0.1) is 0 Å². The number of amides is 2. The Morgan fingerprint density at radius 3 is 1.92 bits per heavy atom. The Bertz CT molecular complexity index is 711. The summed E-state index contributed by atoms with van der Waals surface area (Å²) in [5, 5.41) is 5.77. The van der Waals surface area contributed by atoms with Crippen LogP contribution in [0.3, 0.4) is 0 Å². The van der Waals surface area contributed by atoms with E-state index in [1.807, 2.05) is 67.6 Å². The zero-order valence-corrected chi connectivity index (χ0v) is 14.4. The molecule has 0 spiro atoms. The van der Waals surface area contributed by atoms with E-state index in [0.29, 0.717) is 5.92 Å². The van der Waals surface area contributed by atoms with E-state index in [2.05, 4.69) is 10.6 Å². The molecule has 2 aromatic rings. The first kappa shape index (κ1) is 17.2. The molecule has 4 nitrogen and oxygen atoms in total. The highest BCUT2D eigenvalue weighted by Gasteiger charge is 2.34. The Hall–Kier alpha value is -2.62. The Morgan fingerprint density at radius 1 is 0.880 bits per heavy atom. The van der Waals surface area contributed by atoms with Gasteiger partial charge in [0.05, 0.1) is 12.1 Å². The first-order valence-corrected chi connectivity index (χ1v) is 8.90. The molecule has 0 unspecified atom stereocenters. The summed E-state index contributed by atoms with van der Waals surface area (Å²) < 4.78 is 0. The predicted octanol–water partition coefficient (Wildman–Crippen LogP) is 3.52. The van der Waals surface area contributed by atoms with Crippen LogP contribution in [0.15, 0.2) is 60.7 Å². The average Bonchev–Trinajstić information content (AvgIpc) is 3.50. The number of hydrogen-bond acceptors (Lipinski definition) is 2. The second-order valence-electron chi connectivity index (χ2n) is 6.54. The van der Waals surface area contributed by atoms with Gasteiger partial charge < -0.3 is 10.6 Å². The second kappa shape index (κ2) is 7.97. The highest BCUT2D eigenvalue weighted by atomic mass is 16.2. The molecular formula is C21H24N2O2. The molecule has 2 amide bonds. The zero-order valence-electron chi connectivity index (χ0n) is 14.4. The Balaban J connectivity index is 1.64. The van der Waals surface area contributed by atoms with Gasteiger partial charge in [-0.3, -0.25) is 9.59 Å². The van der Waals surface area contributed by atoms with Gasteiger partial charge in [-0.2, -0.15) is 0 Å². The Kier molecular flexibility index (Phi) is 5.49. The van der Waals surface area contributed by atoms with Crippen molar-refractivity contribution in [2.45, 2.75) is 38.3 Å². The van der Waals surface area contributed by atoms with Crippen molar-refractivity contribution in [1.29, 1.82) is 0 Å². The fourth-order valence-corrected chi connectivity index (χ4v) is 3.10. The van der Waals surface area contributed by atoms with Crippen LogP contribution in [0.4, 0.5) is 0 Å². The van der Waals surface area contributed by atoms with Gasteiger partial charge in [-0.05, 0) is 36.3 Å². The number of rotatable bonds is 6. The summed E-state index contributed by atoms with van der Waals surface area (Å²) in [7, 11) is 0. The molecule has 1 aliphatic rings. The van der Waals surface area contributed by atoms with Crippen molar-refractivity contribution in [3.8, 4) is 0 Å². The van der Waals surface area contributed by atoms with Crippen LogP contribution in [0.5, 0.6) is 0 Å². The second-order valence-corrected chi connectivity index (χ2v) is 6.54. The lowest BCUT2D eigenvalue weighted by molar-refractivity contribution is -0.140. The average molecular weight is 336 g/mol. The number of hydrogen-bond donors (Lipinski definition) is 2. The van der Waals surface area contributed by atoms with Gasteiger partial charge in [-0.25, -0.2) is 0 Å². The third-order valence-electron chi connectivity index (χ3n) is 4.66. The van der Waals surface area contributed by atoms with E-state index in [9.17, 15) is 9.59 Å². The molecule has 0 heterocycles. The molecule has 25 heavy (non-hydrogen) atoms. The van der Waals surface area contributed by atoms with Crippen LogP contribution in [0.2, 0.25) is 0 Å². The van der Waals surface area contributed by atoms with Gasteiger partial charge >= 0.3 is 11.8 Å². The largest absolute Gasteiger partial charge is 0.341 e. The van der Waals surface area contributed by atoms with Crippen molar-refractivity contribution in [2.24, 2.45) is 5.92 Å². The summed E-state index contributed by atoms with van der Waals surface area (Å²) in [6.07, 6.45) is 2.90. The highest BCUT2D eigenvalue weighted by Crippen LogP contribution is 2.40. The fraction of sp³-hybridized carbons (Fsp3) is 0.333. The van der Waals surface area contributed by atoms with Gasteiger partial charge in [0.1, 0.15) is 0 Å². The summed E-state index contributed by atoms with van der Waals surface area (Å²) >= 11 is 0. The molecule has 4 heteroatoms. The minimum Gasteiger partial charge on any atom is -0.341 e. The maximum Gasteiger partial charge on any atom is 0.309 e. The molecule has 1 aliphatic carbocycles. The molecule has 1 saturated carbocycles. The summed E-state index contributed by atoms with van der Waals surface area (Å²) in [6, 6.07) is 19.3. The Morgan fingerprint density at radius 2 is 1.40 bits per heavy atom. The van der Waals surface area contributed by atoms with Crippen LogP contribution in [-0.2, 0) is 9.59 Å². The molecule has 2 aromatic carbocycles. The van der Waals surface area contributed by atoms with Crippen molar-refractivity contribution in [3.05, 3.63) is 71.8 Å².